The van der Waals surface area contributed by atoms with Crippen molar-refractivity contribution in [2.45, 2.75) is 37.6 Å². The minimum Gasteiger partial charge on any atom is -0.338 e. The highest BCUT2D eigenvalue weighted by Crippen LogP contribution is 2.47. The molecule has 2 aromatic rings. The van der Waals surface area contributed by atoms with Crippen molar-refractivity contribution in [3.63, 3.8) is 0 Å². The number of hydrogen-bond acceptors (Lipinski definition) is 1. The van der Waals surface area contributed by atoms with E-state index in [1.54, 1.807) is 0 Å². The first-order valence-electron chi connectivity index (χ1n) is 8.30. The highest BCUT2D eigenvalue weighted by atomic mass is 16.2. The molecule has 0 aromatic heterocycles. The van der Waals surface area contributed by atoms with Crippen LogP contribution in [0.1, 0.15) is 53.6 Å². The molecule has 0 saturated heterocycles. The predicted octanol–water partition coefficient (Wildman–Crippen LogP) is 4.25. The SMILES string of the molecule is O=C1NC(c2ccccc2)(C2CCCCC2)c2ccccc21. The molecule has 0 radical (unpaired) electrons. The standard InChI is InChI=1S/C20H21NO/c22-19-17-13-7-8-14-18(17)20(21-19,15-9-3-1-4-10-15)16-11-5-2-6-12-16/h1,3-4,7-10,13-14,16H,2,5-6,11-12H2,(H,21,22). The molecule has 4 rings (SSSR count). The molecule has 1 N–H and O–H groups in total. The third-order valence-electron chi connectivity index (χ3n) is 5.35. The summed E-state index contributed by atoms with van der Waals surface area (Å²) in [6, 6.07) is 18.6. The van der Waals surface area contributed by atoms with Crippen molar-refractivity contribution in [2.75, 3.05) is 0 Å². The summed E-state index contributed by atoms with van der Waals surface area (Å²) in [7, 11) is 0. The van der Waals surface area contributed by atoms with Gasteiger partial charge in [-0.25, -0.2) is 0 Å². The molecule has 1 aliphatic carbocycles. The Hall–Kier alpha value is -2.09. The molecular formula is C20H21NO. The van der Waals surface area contributed by atoms with E-state index in [1.165, 1.54) is 37.7 Å². The number of nitrogens with one attached hydrogen (secondary N) is 1. The Morgan fingerprint density at radius 2 is 1.55 bits per heavy atom. The number of carbonyl (C=O) groups is 1. The lowest BCUT2D eigenvalue weighted by Gasteiger charge is -2.41. The predicted molar refractivity (Wildman–Crippen MR) is 87.7 cm³/mol. The summed E-state index contributed by atoms with van der Waals surface area (Å²) in [4.78, 5) is 12.6. The number of carbonyl (C=O) groups excluding carboxylic acids is 1. The molecule has 1 atom stereocenters. The maximum absolute atomic E-state index is 12.6. The second kappa shape index (κ2) is 5.28. The fourth-order valence-corrected chi connectivity index (χ4v) is 4.36. The molecule has 0 bridgehead atoms. The zero-order chi connectivity index (χ0) is 15.0. The van der Waals surface area contributed by atoms with Gasteiger partial charge in [-0.1, -0.05) is 67.8 Å². The number of benzene rings is 2. The number of fused-ring (bicyclic) bond motifs is 1. The quantitative estimate of drug-likeness (QED) is 0.880. The van der Waals surface area contributed by atoms with Gasteiger partial charge in [0.1, 0.15) is 0 Å². The molecule has 1 heterocycles. The van der Waals surface area contributed by atoms with Crippen LogP contribution in [-0.2, 0) is 5.54 Å². The third kappa shape index (κ3) is 1.90. The molecular weight excluding hydrogens is 270 g/mol. The van der Waals surface area contributed by atoms with Crippen LogP contribution in [0.3, 0.4) is 0 Å². The zero-order valence-corrected chi connectivity index (χ0v) is 12.7. The number of hydrogen-bond donors (Lipinski definition) is 1. The molecule has 2 heteroatoms. The molecule has 2 nitrogen and oxygen atoms in total. The third-order valence-corrected chi connectivity index (χ3v) is 5.35. The zero-order valence-electron chi connectivity index (χ0n) is 12.7. The summed E-state index contributed by atoms with van der Waals surface area (Å²) >= 11 is 0. The lowest BCUT2D eigenvalue weighted by atomic mass is 9.68. The highest BCUT2D eigenvalue weighted by Gasteiger charge is 2.49. The Bertz CT molecular complexity index is 688. The van der Waals surface area contributed by atoms with E-state index < -0.39 is 0 Å². The first kappa shape index (κ1) is 13.6. The Morgan fingerprint density at radius 1 is 0.864 bits per heavy atom. The average Bonchev–Trinajstić information content (AvgIpc) is 2.91. The summed E-state index contributed by atoms with van der Waals surface area (Å²) in [5.41, 5.74) is 2.89. The van der Waals surface area contributed by atoms with Crippen LogP contribution in [-0.4, -0.2) is 5.91 Å². The van der Waals surface area contributed by atoms with Crippen molar-refractivity contribution in [1.29, 1.82) is 0 Å². The Balaban J connectivity index is 1.93. The van der Waals surface area contributed by atoms with Crippen molar-refractivity contribution >= 4 is 5.91 Å². The van der Waals surface area contributed by atoms with Gasteiger partial charge in [0.25, 0.3) is 5.91 Å². The van der Waals surface area contributed by atoms with Gasteiger partial charge in [-0.05, 0) is 36.0 Å². The molecule has 112 valence electrons. The second-order valence-electron chi connectivity index (χ2n) is 6.51. The Kier molecular flexibility index (Phi) is 3.25. The van der Waals surface area contributed by atoms with E-state index in [1.807, 2.05) is 18.2 Å². The van der Waals surface area contributed by atoms with Gasteiger partial charge in [-0.15, -0.1) is 0 Å². The normalized spacial score (nSPS) is 24.8. The molecule has 1 fully saturated rings. The van der Waals surface area contributed by atoms with Crippen LogP contribution < -0.4 is 5.32 Å². The first-order valence-corrected chi connectivity index (χ1v) is 8.30. The van der Waals surface area contributed by atoms with E-state index in [0.29, 0.717) is 5.92 Å². The lowest BCUT2D eigenvalue weighted by Crippen LogP contribution is -2.47. The summed E-state index contributed by atoms with van der Waals surface area (Å²) in [5.74, 6) is 0.557. The lowest BCUT2D eigenvalue weighted by molar-refractivity contribution is 0.0903. The summed E-state index contributed by atoms with van der Waals surface area (Å²) in [6.07, 6.45) is 6.21. The van der Waals surface area contributed by atoms with Crippen LogP contribution in [0.5, 0.6) is 0 Å². The van der Waals surface area contributed by atoms with Gasteiger partial charge in [0, 0.05) is 5.56 Å². The monoisotopic (exact) mass is 291 g/mol. The molecule has 1 aliphatic heterocycles. The van der Waals surface area contributed by atoms with Crippen molar-refractivity contribution in [2.24, 2.45) is 5.92 Å². The van der Waals surface area contributed by atoms with Gasteiger partial charge in [0.15, 0.2) is 0 Å². The molecule has 22 heavy (non-hydrogen) atoms. The largest absolute Gasteiger partial charge is 0.338 e. The summed E-state index contributed by atoms with van der Waals surface area (Å²) in [6.45, 7) is 0. The molecule has 0 spiro atoms. The molecule has 1 unspecified atom stereocenters. The van der Waals surface area contributed by atoms with Crippen LogP contribution in [0, 0.1) is 5.92 Å². The Labute approximate surface area is 131 Å². The van der Waals surface area contributed by atoms with E-state index in [4.69, 9.17) is 0 Å². The van der Waals surface area contributed by atoms with Crippen molar-refractivity contribution in [1.82, 2.24) is 5.32 Å². The van der Waals surface area contributed by atoms with Gasteiger partial charge in [-0.3, -0.25) is 4.79 Å². The van der Waals surface area contributed by atoms with Gasteiger partial charge >= 0.3 is 0 Å². The van der Waals surface area contributed by atoms with Gasteiger partial charge in [-0.2, -0.15) is 0 Å². The summed E-state index contributed by atoms with van der Waals surface area (Å²) < 4.78 is 0. The van der Waals surface area contributed by atoms with Gasteiger partial charge in [0.05, 0.1) is 5.54 Å². The van der Waals surface area contributed by atoms with Gasteiger partial charge < -0.3 is 5.32 Å². The van der Waals surface area contributed by atoms with Crippen LogP contribution in [0.4, 0.5) is 0 Å². The first-order chi connectivity index (χ1) is 10.8. The summed E-state index contributed by atoms with van der Waals surface area (Å²) in [5, 5.41) is 3.38. The van der Waals surface area contributed by atoms with E-state index in [2.05, 4.69) is 41.7 Å². The topological polar surface area (TPSA) is 29.1 Å². The molecule has 2 aromatic carbocycles. The van der Waals surface area contributed by atoms with Crippen LogP contribution in [0.15, 0.2) is 54.6 Å². The van der Waals surface area contributed by atoms with E-state index >= 15 is 0 Å². The number of rotatable bonds is 2. The fraction of sp³-hybridized carbons (Fsp3) is 0.350. The maximum Gasteiger partial charge on any atom is 0.252 e. The molecule has 2 aliphatic rings. The highest BCUT2D eigenvalue weighted by molar-refractivity contribution is 6.00. The molecule has 1 amide bonds. The van der Waals surface area contributed by atoms with E-state index in [-0.39, 0.29) is 11.4 Å². The van der Waals surface area contributed by atoms with Crippen molar-refractivity contribution in [3.8, 4) is 0 Å². The smallest absolute Gasteiger partial charge is 0.252 e. The fourth-order valence-electron chi connectivity index (χ4n) is 4.36. The van der Waals surface area contributed by atoms with E-state index in [9.17, 15) is 4.79 Å². The minimum absolute atomic E-state index is 0.0741. The van der Waals surface area contributed by atoms with Gasteiger partial charge in [0.2, 0.25) is 0 Å². The Morgan fingerprint density at radius 3 is 2.32 bits per heavy atom. The van der Waals surface area contributed by atoms with E-state index in [0.717, 1.165) is 11.1 Å². The number of amides is 1. The average molecular weight is 291 g/mol. The van der Waals surface area contributed by atoms with Crippen LogP contribution in [0.25, 0.3) is 0 Å². The van der Waals surface area contributed by atoms with Crippen LogP contribution in [0.2, 0.25) is 0 Å². The van der Waals surface area contributed by atoms with Crippen molar-refractivity contribution in [3.05, 3.63) is 71.3 Å². The second-order valence-corrected chi connectivity index (χ2v) is 6.51. The maximum atomic E-state index is 12.6. The molecule has 1 saturated carbocycles. The minimum atomic E-state index is -0.338. The van der Waals surface area contributed by atoms with Crippen molar-refractivity contribution < 1.29 is 4.79 Å². The van der Waals surface area contributed by atoms with Crippen LogP contribution >= 0.6 is 0 Å².